The van der Waals surface area contributed by atoms with Gasteiger partial charge in [-0.15, -0.1) is 0 Å². The number of hydrogen-bond acceptors (Lipinski definition) is 2. The lowest BCUT2D eigenvalue weighted by Gasteiger charge is -2.45. The van der Waals surface area contributed by atoms with Gasteiger partial charge in [0.25, 0.3) is 0 Å². The fourth-order valence-electron chi connectivity index (χ4n) is 3.64. The van der Waals surface area contributed by atoms with Crippen molar-refractivity contribution < 1.29 is 9.53 Å². The molecule has 3 aliphatic heterocycles. The maximum Gasteiger partial charge on any atom is 0.222 e. The minimum Gasteiger partial charge on any atom is -0.368 e. The van der Waals surface area contributed by atoms with Gasteiger partial charge in [-0.25, -0.2) is 0 Å². The van der Waals surface area contributed by atoms with E-state index in [1.807, 2.05) is 0 Å². The maximum absolute atomic E-state index is 12.2. The third kappa shape index (κ3) is 1.68. The zero-order valence-corrected chi connectivity index (χ0v) is 13.2. The van der Waals surface area contributed by atoms with Crippen LogP contribution in [0.1, 0.15) is 33.6 Å². The van der Waals surface area contributed by atoms with Crippen molar-refractivity contribution in [3.8, 4) is 0 Å². The Balaban J connectivity index is 1.87. The van der Waals surface area contributed by atoms with Gasteiger partial charge in [0.15, 0.2) is 0 Å². The number of ether oxygens (including phenoxy) is 1. The average Bonchev–Trinajstić information content (AvgIpc) is 2.92. The fourth-order valence-corrected chi connectivity index (χ4v) is 6.72. The van der Waals surface area contributed by atoms with E-state index in [0.29, 0.717) is 34.7 Å². The van der Waals surface area contributed by atoms with Gasteiger partial charge in [0.2, 0.25) is 5.91 Å². The van der Waals surface area contributed by atoms with Gasteiger partial charge >= 0.3 is 0 Å². The van der Waals surface area contributed by atoms with Gasteiger partial charge in [0, 0.05) is 19.0 Å². The summed E-state index contributed by atoms with van der Waals surface area (Å²) in [5.74, 6) is 0.378. The van der Waals surface area contributed by atoms with Crippen LogP contribution in [0.4, 0.5) is 0 Å². The molecular weight excluding hydrogens is 242 g/mol. The number of nitrogens with zero attached hydrogens (tertiary/aromatic N) is 1. The van der Waals surface area contributed by atoms with Gasteiger partial charge in [0.05, 0.1) is 14.2 Å². The van der Waals surface area contributed by atoms with Gasteiger partial charge in [-0.05, 0) is 17.0 Å². The first kappa shape index (κ1) is 12.7. The molecule has 18 heavy (non-hydrogen) atoms. The van der Waals surface area contributed by atoms with Crippen LogP contribution in [0.3, 0.4) is 0 Å². The van der Waals surface area contributed by atoms with Crippen LogP contribution >= 0.6 is 0 Å². The molecule has 0 saturated carbocycles. The SMILES string of the molecule is CC(C)(C)[Si](C)(C)[C@@H]1CC(=O)N2C[C@H]3O[C@H]3C[C@H]12. The van der Waals surface area contributed by atoms with Crippen molar-refractivity contribution in [1.82, 2.24) is 4.90 Å². The van der Waals surface area contributed by atoms with Gasteiger partial charge in [0.1, 0.15) is 6.10 Å². The van der Waals surface area contributed by atoms with E-state index >= 15 is 0 Å². The smallest absolute Gasteiger partial charge is 0.222 e. The van der Waals surface area contributed by atoms with Crippen molar-refractivity contribution in [2.45, 2.75) is 75.5 Å². The summed E-state index contributed by atoms with van der Waals surface area (Å²) in [5.41, 5.74) is 0.607. The Morgan fingerprint density at radius 3 is 2.56 bits per heavy atom. The maximum atomic E-state index is 12.2. The fraction of sp³-hybridized carbons (Fsp3) is 0.929. The summed E-state index contributed by atoms with van der Waals surface area (Å²) in [7, 11) is -1.45. The Bertz CT molecular complexity index is 388. The molecule has 3 aliphatic rings. The second-order valence-corrected chi connectivity index (χ2v) is 13.5. The highest BCUT2D eigenvalue weighted by molar-refractivity contribution is 6.82. The summed E-state index contributed by atoms with van der Waals surface area (Å²) < 4.78 is 5.63. The highest BCUT2D eigenvalue weighted by atomic mass is 28.3. The first-order valence-corrected chi connectivity index (χ1v) is 10.2. The van der Waals surface area contributed by atoms with Crippen molar-refractivity contribution in [2.75, 3.05) is 6.54 Å². The van der Waals surface area contributed by atoms with Gasteiger partial charge in [-0.1, -0.05) is 33.9 Å². The van der Waals surface area contributed by atoms with Crippen LogP contribution < -0.4 is 0 Å². The number of epoxide rings is 1. The van der Waals surface area contributed by atoms with Crippen LogP contribution in [0, 0.1) is 0 Å². The van der Waals surface area contributed by atoms with E-state index in [-0.39, 0.29) is 0 Å². The van der Waals surface area contributed by atoms with E-state index in [2.05, 4.69) is 38.8 Å². The van der Waals surface area contributed by atoms with Crippen molar-refractivity contribution in [2.24, 2.45) is 0 Å². The largest absolute Gasteiger partial charge is 0.368 e. The Labute approximate surface area is 111 Å². The summed E-state index contributed by atoms with van der Waals surface area (Å²) in [6, 6.07) is 0.474. The van der Waals surface area contributed by atoms with Crippen LogP contribution in [0.25, 0.3) is 0 Å². The zero-order valence-electron chi connectivity index (χ0n) is 12.2. The van der Waals surface area contributed by atoms with Crippen molar-refractivity contribution in [3.05, 3.63) is 0 Å². The molecule has 3 heterocycles. The minimum atomic E-state index is -1.45. The van der Waals surface area contributed by atoms with Crippen LogP contribution in [0.2, 0.25) is 23.7 Å². The molecule has 0 aromatic carbocycles. The number of carbonyl (C=O) groups is 1. The molecule has 0 N–H and O–H groups in total. The van der Waals surface area contributed by atoms with Crippen molar-refractivity contribution in [3.63, 3.8) is 0 Å². The molecule has 0 bridgehead atoms. The standard InChI is InChI=1S/C14H25NO2Si/c1-14(2,3)18(4,5)12-7-13(16)15-8-11-10(17-11)6-9(12)15/h9-12H,6-8H2,1-5H3/t9-,10+,11-,12-/m1/s1. The topological polar surface area (TPSA) is 32.8 Å². The molecule has 4 heteroatoms. The molecule has 3 nitrogen and oxygen atoms in total. The highest BCUT2D eigenvalue weighted by Crippen LogP contribution is 2.53. The third-order valence-corrected chi connectivity index (χ3v) is 12.3. The molecule has 3 saturated heterocycles. The molecule has 0 aromatic heterocycles. The molecular formula is C14H25NO2Si. The van der Waals surface area contributed by atoms with E-state index < -0.39 is 8.07 Å². The lowest BCUT2D eigenvalue weighted by molar-refractivity contribution is -0.129. The van der Waals surface area contributed by atoms with E-state index in [9.17, 15) is 4.79 Å². The molecule has 0 spiro atoms. The minimum absolute atomic E-state index is 0.356. The lowest BCUT2D eigenvalue weighted by Crippen LogP contribution is -2.50. The van der Waals surface area contributed by atoms with Crippen molar-refractivity contribution in [1.29, 1.82) is 0 Å². The van der Waals surface area contributed by atoms with Crippen LogP contribution in [0.5, 0.6) is 0 Å². The predicted molar refractivity (Wildman–Crippen MR) is 74.3 cm³/mol. The monoisotopic (exact) mass is 267 g/mol. The Morgan fingerprint density at radius 2 is 1.94 bits per heavy atom. The molecule has 102 valence electrons. The van der Waals surface area contributed by atoms with E-state index in [4.69, 9.17) is 4.74 Å². The Morgan fingerprint density at radius 1 is 1.28 bits per heavy atom. The molecule has 0 aliphatic carbocycles. The zero-order chi connectivity index (χ0) is 13.3. The quantitative estimate of drug-likeness (QED) is 0.540. The van der Waals surface area contributed by atoms with Crippen LogP contribution in [-0.2, 0) is 9.53 Å². The summed E-state index contributed by atoms with van der Waals surface area (Å²) in [6.07, 6.45) is 2.71. The van der Waals surface area contributed by atoms with E-state index in [1.165, 1.54) is 0 Å². The first-order valence-electron chi connectivity index (χ1n) is 7.17. The molecule has 1 amide bonds. The molecule has 0 aromatic rings. The summed E-state index contributed by atoms with van der Waals surface area (Å²) >= 11 is 0. The third-order valence-electron chi connectivity index (χ3n) is 5.98. The average molecular weight is 267 g/mol. The number of amides is 1. The van der Waals surface area contributed by atoms with Crippen molar-refractivity contribution >= 4 is 14.0 Å². The van der Waals surface area contributed by atoms with Gasteiger partial charge < -0.3 is 9.64 Å². The lowest BCUT2D eigenvalue weighted by atomic mass is 10.0. The van der Waals surface area contributed by atoms with Crippen LogP contribution in [-0.4, -0.2) is 43.7 Å². The summed E-state index contributed by atoms with van der Waals surface area (Å²) in [6.45, 7) is 12.9. The molecule has 4 atom stereocenters. The number of carbonyl (C=O) groups excluding carboxylic acids is 1. The highest BCUT2D eigenvalue weighted by Gasteiger charge is 2.58. The van der Waals surface area contributed by atoms with Gasteiger partial charge in [-0.3, -0.25) is 4.79 Å². The first-order chi connectivity index (χ1) is 8.22. The molecule has 3 rings (SSSR count). The normalized spacial score (nSPS) is 39.6. The number of piperidine rings is 1. The predicted octanol–water partition coefficient (Wildman–Crippen LogP) is 2.64. The molecule has 3 fully saturated rings. The van der Waals surface area contributed by atoms with Gasteiger partial charge in [-0.2, -0.15) is 0 Å². The number of fused-ring (bicyclic) bond motifs is 2. The molecule has 0 unspecified atom stereocenters. The Hall–Kier alpha value is -0.353. The number of hydrogen-bond donors (Lipinski definition) is 0. The number of rotatable bonds is 1. The van der Waals surface area contributed by atoms with E-state index in [1.54, 1.807) is 0 Å². The second-order valence-electron chi connectivity index (χ2n) is 7.84. The van der Waals surface area contributed by atoms with E-state index in [0.717, 1.165) is 19.4 Å². The summed E-state index contributed by atoms with van der Waals surface area (Å²) in [4.78, 5) is 14.4. The molecule has 0 radical (unpaired) electrons. The second kappa shape index (κ2) is 3.60. The van der Waals surface area contributed by atoms with Crippen LogP contribution in [0.15, 0.2) is 0 Å². The Kier molecular flexibility index (Phi) is 2.53. The summed E-state index contributed by atoms with van der Waals surface area (Å²) in [5, 5.41) is 0.356.